The summed E-state index contributed by atoms with van der Waals surface area (Å²) < 4.78 is 5.83. The molecule has 146 valence electrons. The molecule has 0 spiro atoms. The van der Waals surface area contributed by atoms with Crippen molar-refractivity contribution in [2.24, 2.45) is 0 Å². The van der Waals surface area contributed by atoms with Gasteiger partial charge in [0.15, 0.2) is 5.76 Å². The van der Waals surface area contributed by atoms with E-state index < -0.39 is 0 Å². The Labute approximate surface area is 163 Å². The van der Waals surface area contributed by atoms with Crippen molar-refractivity contribution in [3.05, 3.63) is 58.0 Å². The molecule has 1 aliphatic carbocycles. The van der Waals surface area contributed by atoms with E-state index in [1.807, 2.05) is 13.0 Å². The fraction of sp³-hybridized carbons (Fsp3) is 0.542. The van der Waals surface area contributed by atoms with Gasteiger partial charge in [0.2, 0.25) is 0 Å². The molecule has 0 fully saturated rings. The summed E-state index contributed by atoms with van der Waals surface area (Å²) in [6.07, 6.45) is 4.06. The standard InChI is InChI=1S/C24H33NO2/c1-7-12-25-22(26)21-9-8-18(27-21)14-17-15-20-19(13-16(17)2)23(3,4)10-11-24(20,5)6/h8-9,13,15H,7,10-12,14H2,1-6H3,(H,25,26). The molecular weight excluding hydrogens is 334 g/mol. The molecule has 1 heterocycles. The maximum absolute atomic E-state index is 12.1. The third kappa shape index (κ3) is 3.97. The van der Waals surface area contributed by atoms with Crippen LogP contribution in [0.1, 0.15) is 92.4 Å². The SMILES string of the molecule is CCCNC(=O)c1ccc(Cc2cc3c(cc2C)C(C)(C)CCC3(C)C)o1. The van der Waals surface area contributed by atoms with Gasteiger partial charge in [-0.2, -0.15) is 0 Å². The van der Waals surface area contributed by atoms with Gasteiger partial charge in [-0.3, -0.25) is 4.79 Å². The van der Waals surface area contributed by atoms with Gasteiger partial charge in [-0.15, -0.1) is 0 Å². The van der Waals surface area contributed by atoms with Gasteiger partial charge in [-0.25, -0.2) is 0 Å². The normalized spacial score (nSPS) is 17.4. The molecule has 3 heteroatoms. The molecule has 1 aromatic carbocycles. The van der Waals surface area contributed by atoms with E-state index >= 15 is 0 Å². The number of hydrogen-bond acceptors (Lipinski definition) is 2. The highest BCUT2D eigenvalue weighted by atomic mass is 16.3. The number of carbonyl (C=O) groups excluding carboxylic acids is 1. The molecule has 3 nitrogen and oxygen atoms in total. The van der Waals surface area contributed by atoms with Gasteiger partial charge < -0.3 is 9.73 Å². The molecule has 0 bridgehead atoms. The molecule has 0 radical (unpaired) electrons. The number of furan rings is 1. The van der Waals surface area contributed by atoms with Crippen LogP contribution in [0.2, 0.25) is 0 Å². The van der Waals surface area contributed by atoms with Gasteiger partial charge in [0.05, 0.1) is 0 Å². The summed E-state index contributed by atoms with van der Waals surface area (Å²) >= 11 is 0. The third-order valence-corrected chi connectivity index (χ3v) is 6.10. The van der Waals surface area contributed by atoms with Gasteiger partial charge >= 0.3 is 0 Å². The molecule has 27 heavy (non-hydrogen) atoms. The first-order valence-corrected chi connectivity index (χ1v) is 10.2. The second-order valence-corrected chi connectivity index (χ2v) is 9.29. The number of hydrogen-bond donors (Lipinski definition) is 1. The number of carbonyl (C=O) groups is 1. The van der Waals surface area contributed by atoms with Gasteiger partial charge in [-0.05, 0) is 71.4 Å². The minimum Gasteiger partial charge on any atom is -0.456 e. The zero-order chi connectivity index (χ0) is 19.8. The van der Waals surface area contributed by atoms with Crippen LogP contribution in [0.4, 0.5) is 0 Å². The first kappa shape index (κ1) is 19.7. The lowest BCUT2D eigenvalue weighted by molar-refractivity contribution is 0.0924. The Bertz CT molecular complexity index is 842. The van der Waals surface area contributed by atoms with Crippen LogP contribution in [0.3, 0.4) is 0 Å². The van der Waals surface area contributed by atoms with Crippen molar-refractivity contribution in [3.8, 4) is 0 Å². The lowest BCUT2D eigenvalue weighted by Gasteiger charge is -2.42. The number of benzene rings is 1. The Hall–Kier alpha value is -2.03. The molecule has 1 aliphatic rings. The summed E-state index contributed by atoms with van der Waals surface area (Å²) in [5, 5.41) is 2.87. The number of fused-ring (bicyclic) bond motifs is 1. The smallest absolute Gasteiger partial charge is 0.286 e. The van der Waals surface area contributed by atoms with Crippen molar-refractivity contribution in [2.75, 3.05) is 6.54 Å². The molecule has 3 rings (SSSR count). The van der Waals surface area contributed by atoms with Crippen molar-refractivity contribution in [2.45, 2.75) is 78.1 Å². The van der Waals surface area contributed by atoms with Crippen LogP contribution in [-0.2, 0) is 17.3 Å². The lowest BCUT2D eigenvalue weighted by atomic mass is 9.62. The van der Waals surface area contributed by atoms with Gasteiger partial charge in [0.1, 0.15) is 5.76 Å². The fourth-order valence-corrected chi connectivity index (χ4v) is 4.07. The van der Waals surface area contributed by atoms with Crippen LogP contribution in [0.15, 0.2) is 28.7 Å². The molecule has 1 N–H and O–H groups in total. The molecule has 2 aromatic rings. The van der Waals surface area contributed by atoms with E-state index in [0.29, 0.717) is 12.3 Å². The van der Waals surface area contributed by atoms with Gasteiger partial charge in [0, 0.05) is 13.0 Å². The largest absolute Gasteiger partial charge is 0.456 e. The Kier molecular flexibility index (Phi) is 5.24. The van der Waals surface area contributed by atoms with Crippen molar-refractivity contribution in [3.63, 3.8) is 0 Å². The summed E-state index contributed by atoms with van der Waals surface area (Å²) in [6, 6.07) is 8.46. The zero-order valence-electron chi connectivity index (χ0n) is 17.7. The first-order valence-electron chi connectivity index (χ1n) is 10.2. The minimum absolute atomic E-state index is 0.131. The summed E-state index contributed by atoms with van der Waals surface area (Å²) in [6.45, 7) is 14.3. The van der Waals surface area contributed by atoms with Gasteiger partial charge in [-0.1, -0.05) is 46.8 Å². The Morgan fingerprint density at radius 3 is 2.33 bits per heavy atom. The van der Waals surface area contributed by atoms with Crippen molar-refractivity contribution in [1.29, 1.82) is 0 Å². The number of nitrogens with one attached hydrogen (secondary N) is 1. The zero-order valence-corrected chi connectivity index (χ0v) is 17.7. The minimum atomic E-state index is -0.131. The molecule has 1 aromatic heterocycles. The number of amides is 1. The Morgan fingerprint density at radius 1 is 1.07 bits per heavy atom. The lowest BCUT2D eigenvalue weighted by Crippen LogP contribution is -2.34. The predicted octanol–water partition coefficient (Wildman–Crippen LogP) is 5.67. The van der Waals surface area contributed by atoms with Crippen molar-refractivity contribution < 1.29 is 9.21 Å². The van der Waals surface area contributed by atoms with Crippen LogP contribution in [0.5, 0.6) is 0 Å². The highest BCUT2D eigenvalue weighted by Gasteiger charge is 2.37. The van der Waals surface area contributed by atoms with Crippen LogP contribution in [0.25, 0.3) is 0 Å². The molecule has 0 aliphatic heterocycles. The molecule has 0 saturated heterocycles. The highest BCUT2D eigenvalue weighted by molar-refractivity contribution is 5.91. The summed E-state index contributed by atoms with van der Waals surface area (Å²) in [4.78, 5) is 12.1. The van der Waals surface area contributed by atoms with E-state index in [4.69, 9.17) is 4.42 Å². The van der Waals surface area contributed by atoms with E-state index in [-0.39, 0.29) is 16.7 Å². The van der Waals surface area contributed by atoms with Crippen molar-refractivity contribution >= 4 is 5.91 Å². The van der Waals surface area contributed by atoms with E-state index in [0.717, 1.165) is 18.6 Å². The Balaban J connectivity index is 1.89. The quantitative estimate of drug-likeness (QED) is 0.740. The van der Waals surface area contributed by atoms with E-state index in [1.165, 1.54) is 35.1 Å². The average Bonchev–Trinajstić information content (AvgIpc) is 3.07. The summed E-state index contributed by atoms with van der Waals surface area (Å²) in [7, 11) is 0. The number of rotatable bonds is 5. The maximum Gasteiger partial charge on any atom is 0.286 e. The van der Waals surface area contributed by atoms with E-state index in [1.54, 1.807) is 6.07 Å². The fourth-order valence-electron chi connectivity index (χ4n) is 4.07. The monoisotopic (exact) mass is 367 g/mol. The predicted molar refractivity (Wildman–Crippen MR) is 111 cm³/mol. The van der Waals surface area contributed by atoms with Crippen LogP contribution in [0, 0.1) is 6.92 Å². The summed E-state index contributed by atoms with van der Waals surface area (Å²) in [5.74, 6) is 1.11. The summed E-state index contributed by atoms with van der Waals surface area (Å²) in [5.41, 5.74) is 5.96. The molecule has 0 atom stereocenters. The van der Waals surface area contributed by atoms with Crippen LogP contribution in [-0.4, -0.2) is 12.5 Å². The molecule has 0 unspecified atom stereocenters. The van der Waals surface area contributed by atoms with Crippen LogP contribution < -0.4 is 5.32 Å². The first-order chi connectivity index (χ1) is 12.6. The Morgan fingerprint density at radius 2 is 1.70 bits per heavy atom. The second kappa shape index (κ2) is 7.18. The topological polar surface area (TPSA) is 42.2 Å². The van der Waals surface area contributed by atoms with E-state index in [2.05, 4.69) is 52.1 Å². The van der Waals surface area contributed by atoms with Crippen LogP contribution >= 0.6 is 0 Å². The number of aryl methyl sites for hydroxylation is 1. The molecule has 1 amide bonds. The van der Waals surface area contributed by atoms with E-state index in [9.17, 15) is 4.79 Å². The highest BCUT2D eigenvalue weighted by Crippen LogP contribution is 2.46. The maximum atomic E-state index is 12.1. The second-order valence-electron chi connectivity index (χ2n) is 9.29. The molecular formula is C24H33NO2. The van der Waals surface area contributed by atoms with Crippen molar-refractivity contribution in [1.82, 2.24) is 5.32 Å². The van der Waals surface area contributed by atoms with Gasteiger partial charge in [0.25, 0.3) is 5.91 Å². The average molecular weight is 368 g/mol. The molecule has 0 saturated carbocycles. The third-order valence-electron chi connectivity index (χ3n) is 6.10.